The van der Waals surface area contributed by atoms with Crippen LogP contribution in [0.4, 0.5) is 0 Å². The highest BCUT2D eigenvalue weighted by Gasteiger charge is 2.19. The van der Waals surface area contributed by atoms with Gasteiger partial charge in [0.1, 0.15) is 0 Å². The molecule has 13 heavy (non-hydrogen) atoms. The fraction of sp³-hybridized carbons (Fsp3) is 1.00. The van der Waals surface area contributed by atoms with Crippen molar-refractivity contribution in [3.63, 3.8) is 0 Å². The smallest absolute Gasteiger partial charge is 0.303 e. The molecule has 10 heteroatoms. The summed E-state index contributed by atoms with van der Waals surface area (Å²) in [5.74, 6) is 0. The number of phosphoric ester groups is 2. The molecule has 0 saturated heterocycles. The van der Waals surface area contributed by atoms with Gasteiger partial charge in [-0.3, -0.25) is 13.6 Å². The first kappa shape index (κ1) is 13.2. The van der Waals surface area contributed by atoms with E-state index in [1.807, 2.05) is 0 Å². The molecular weight excluding hydrogens is 226 g/mol. The standard InChI is InChI=1S/C3H10O8P2/c1-9-13(7,8)11-3-2-10-12(4,5)6/h2-3H2,1H3,(H,7,8)(H2,4,5,6). The second-order valence-electron chi connectivity index (χ2n) is 1.81. The minimum absolute atomic E-state index is 0.452. The Morgan fingerprint density at radius 1 is 1.08 bits per heavy atom. The van der Waals surface area contributed by atoms with Gasteiger partial charge < -0.3 is 14.7 Å². The van der Waals surface area contributed by atoms with Crippen LogP contribution < -0.4 is 0 Å². The van der Waals surface area contributed by atoms with Crippen LogP contribution >= 0.6 is 15.6 Å². The van der Waals surface area contributed by atoms with E-state index in [1.54, 1.807) is 0 Å². The highest BCUT2D eigenvalue weighted by molar-refractivity contribution is 7.47. The number of phosphoric acid groups is 2. The van der Waals surface area contributed by atoms with E-state index in [-0.39, 0.29) is 0 Å². The molecule has 0 saturated carbocycles. The van der Waals surface area contributed by atoms with E-state index in [4.69, 9.17) is 14.7 Å². The van der Waals surface area contributed by atoms with E-state index in [0.29, 0.717) is 0 Å². The van der Waals surface area contributed by atoms with Crippen molar-refractivity contribution in [1.82, 2.24) is 0 Å². The molecule has 0 bridgehead atoms. The van der Waals surface area contributed by atoms with Gasteiger partial charge in [0.15, 0.2) is 0 Å². The average molecular weight is 236 g/mol. The van der Waals surface area contributed by atoms with Gasteiger partial charge in [0, 0.05) is 7.11 Å². The second kappa shape index (κ2) is 5.19. The van der Waals surface area contributed by atoms with Crippen molar-refractivity contribution >= 4 is 15.6 Å². The molecule has 1 unspecified atom stereocenters. The second-order valence-corrected chi connectivity index (χ2v) is 4.61. The summed E-state index contributed by atoms with van der Waals surface area (Å²) in [7, 11) is -7.67. The van der Waals surface area contributed by atoms with Gasteiger partial charge in [-0.15, -0.1) is 0 Å². The molecule has 0 aromatic heterocycles. The minimum atomic E-state index is -4.55. The molecule has 1 atom stereocenters. The summed E-state index contributed by atoms with van der Waals surface area (Å²) in [4.78, 5) is 25.0. The Morgan fingerprint density at radius 3 is 1.92 bits per heavy atom. The molecule has 0 radical (unpaired) electrons. The molecule has 0 amide bonds. The summed E-state index contributed by atoms with van der Waals surface area (Å²) in [5, 5.41) is 0. The average Bonchev–Trinajstić information content (AvgIpc) is 1.97. The van der Waals surface area contributed by atoms with Crippen LogP contribution in [0.1, 0.15) is 0 Å². The lowest BCUT2D eigenvalue weighted by Crippen LogP contribution is -2.02. The SMILES string of the molecule is COP(=O)(O)OCCOP(=O)(O)O. The summed E-state index contributed by atoms with van der Waals surface area (Å²) in [6.45, 7) is -0.953. The Balaban J connectivity index is 3.59. The summed E-state index contributed by atoms with van der Waals surface area (Å²) < 4.78 is 32.8. The third-order valence-corrected chi connectivity index (χ3v) is 2.32. The van der Waals surface area contributed by atoms with Gasteiger partial charge in [-0.05, 0) is 0 Å². The lowest BCUT2D eigenvalue weighted by molar-refractivity contribution is 0.125. The first-order valence-electron chi connectivity index (χ1n) is 3.00. The van der Waals surface area contributed by atoms with E-state index < -0.39 is 28.9 Å². The molecular formula is C3H10O8P2. The predicted octanol–water partition coefficient (Wildman–Crippen LogP) is -0.141. The highest BCUT2D eigenvalue weighted by atomic mass is 31.2. The summed E-state index contributed by atoms with van der Waals surface area (Å²) in [6.07, 6.45) is 0. The van der Waals surface area contributed by atoms with Crippen LogP contribution in [-0.4, -0.2) is 35.0 Å². The van der Waals surface area contributed by atoms with Gasteiger partial charge in [0.2, 0.25) is 0 Å². The van der Waals surface area contributed by atoms with Crippen molar-refractivity contribution in [3.05, 3.63) is 0 Å². The third kappa shape index (κ3) is 8.55. The van der Waals surface area contributed by atoms with Gasteiger partial charge in [-0.1, -0.05) is 0 Å². The van der Waals surface area contributed by atoms with Gasteiger partial charge in [-0.2, -0.15) is 0 Å². The normalized spacial score (nSPS) is 16.9. The van der Waals surface area contributed by atoms with Crippen molar-refractivity contribution < 1.29 is 37.4 Å². The Labute approximate surface area is 74.3 Å². The fourth-order valence-electron chi connectivity index (χ4n) is 0.362. The quantitative estimate of drug-likeness (QED) is 0.430. The number of rotatable bonds is 6. The molecule has 0 aromatic rings. The Bertz CT molecular complexity index is 232. The number of hydrogen-bond donors (Lipinski definition) is 3. The van der Waals surface area contributed by atoms with Crippen molar-refractivity contribution in [2.75, 3.05) is 20.3 Å². The monoisotopic (exact) mass is 236 g/mol. The van der Waals surface area contributed by atoms with Crippen LogP contribution in [0.3, 0.4) is 0 Å². The molecule has 0 spiro atoms. The molecule has 8 nitrogen and oxygen atoms in total. The Hall–Kier alpha value is 0.220. The van der Waals surface area contributed by atoms with E-state index in [1.165, 1.54) is 0 Å². The fourth-order valence-corrected chi connectivity index (χ4v) is 1.08. The highest BCUT2D eigenvalue weighted by Crippen LogP contribution is 2.42. The van der Waals surface area contributed by atoms with Crippen LogP contribution in [0, 0.1) is 0 Å². The first-order valence-corrected chi connectivity index (χ1v) is 6.02. The molecule has 0 aliphatic carbocycles. The molecule has 0 rings (SSSR count). The van der Waals surface area contributed by atoms with Gasteiger partial charge in [-0.25, -0.2) is 9.13 Å². The van der Waals surface area contributed by atoms with E-state index in [9.17, 15) is 9.13 Å². The summed E-state index contributed by atoms with van der Waals surface area (Å²) >= 11 is 0. The molecule has 0 aliphatic heterocycles. The molecule has 0 fully saturated rings. The van der Waals surface area contributed by atoms with Gasteiger partial charge >= 0.3 is 15.6 Å². The molecule has 0 aromatic carbocycles. The lowest BCUT2D eigenvalue weighted by Gasteiger charge is -2.09. The first-order chi connectivity index (χ1) is 5.77. The largest absolute Gasteiger partial charge is 0.471 e. The van der Waals surface area contributed by atoms with Crippen LogP contribution in [0.25, 0.3) is 0 Å². The maximum Gasteiger partial charge on any atom is 0.471 e. The maximum absolute atomic E-state index is 10.6. The molecule has 0 heterocycles. The summed E-state index contributed by atoms with van der Waals surface area (Å²) in [5.41, 5.74) is 0. The van der Waals surface area contributed by atoms with E-state index in [2.05, 4.69) is 13.6 Å². The zero-order valence-electron chi connectivity index (χ0n) is 6.69. The van der Waals surface area contributed by atoms with Crippen LogP contribution in [0.5, 0.6) is 0 Å². The zero-order valence-corrected chi connectivity index (χ0v) is 8.48. The zero-order chi connectivity index (χ0) is 10.5. The van der Waals surface area contributed by atoms with E-state index >= 15 is 0 Å². The van der Waals surface area contributed by atoms with Crippen molar-refractivity contribution in [2.24, 2.45) is 0 Å². The lowest BCUT2D eigenvalue weighted by atomic mass is 10.8. The summed E-state index contributed by atoms with van der Waals surface area (Å²) in [6, 6.07) is 0. The van der Waals surface area contributed by atoms with Crippen LogP contribution in [0.2, 0.25) is 0 Å². The van der Waals surface area contributed by atoms with Crippen molar-refractivity contribution in [2.45, 2.75) is 0 Å². The third-order valence-electron chi connectivity index (χ3n) is 0.828. The topological polar surface area (TPSA) is 123 Å². The van der Waals surface area contributed by atoms with Crippen molar-refractivity contribution in [3.8, 4) is 0 Å². The Kier molecular flexibility index (Phi) is 5.28. The minimum Gasteiger partial charge on any atom is -0.303 e. The van der Waals surface area contributed by atoms with Gasteiger partial charge in [0.05, 0.1) is 13.2 Å². The van der Waals surface area contributed by atoms with Crippen molar-refractivity contribution in [1.29, 1.82) is 0 Å². The molecule has 80 valence electrons. The molecule has 3 N–H and O–H groups in total. The van der Waals surface area contributed by atoms with Crippen LogP contribution in [-0.2, 0) is 22.7 Å². The van der Waals surface area contributed by atoms with Crippen LogP contribution in [0.15, 0.2) is 0 Å². The number of hydrogen-bond acceptors (Lipinski definition) is 5. The van der Waals surface area contributed by atoms with Gasteiger partial charge in [0.25, 0.3) is 0 Å². The maximum atomic E-state index is 10.6. The Morgan fingerprint density at radius 2 is 1.54 bits per heavy atom. The predicted molar refractivity (Wildman–Crippen MR) is 40.8 cm³/mol. The van der Waals surface area contributed by atoms with E-state index in [0.717, 1.165) is 7.11 Å². The molecule has 0 aliphatic rings.